The molecule has 10 heteroatoms. The molecule has 3 rings (SSSR count). The number of aliphatic hydroxyl groups excluding tert-OH is 1. The van der Waals surface area contributed by atoms with Crippen molar-refractivity contribution in [1.29, 1.82) is 0 Å². The van der Waals surface area contributed by atoms with E-state index < -0.39 is 24.2 Å². The maximum atomic E-state index is 12.8. The quantitative estimate of drug-likeness (QED) is 0.642. The van der Waals surface area contributed by atoms with Crippen molar-refractivity contribution >= 4 is 11.8 Å². The highest BCUT2D eigenvalue weighted by molar-refractivity contribution is 8.03. The summed E-state index contributed by atoms with van der Waals surface area (Å²) >= 11 is 1.46. The van der Waals surface area contributed by atoms with Crippen molar-refractivity contribution in [3.63, 3.8) is 0 Å². The number of nitrogens with one attached hydrogen (secondary N) is 1. The maximum Gasteiger partial charge on any atom is 0.391 e. The minimum Gasteiger partial charge on any atom is -0.391 e. The fourth-order valence-electron chi connectivity index (χ4n) is 4.38. The number of hydrogen-bond acceptors (Lipinski definition) is 4. The van der Waals surface area contributed by atoms with E-state index in [4.69, 9.17) is 0 Å². The van der Waals surface area contributed by atoms with Gasteiger partial charge in [-0.25, -0.2) is 0 Å². The van der Waals surface area contributed by atoms with Gasteiger partial charge in [-0.05, 0) is 57.5 Å². The zero-order valence-electron chi connectivity index (χ0n) is 15.5. The third-order valence-corrected chi connectivity index (χ3v) is 7.58. The Hall–Kier alpha value is -0.610. The van der Waals surface area contributed by atoms with Gasteiger partial charge in [0.15, 0.2) is 0 Å². The molecule has 0 bridgehead atoms. The topological polar surface area (TPSA) is 35.5 Å². The van der Waals surface area contributed by atoms with Gasteiger partial charge < -0.3 is 10.4 Å². The molecular weight excluding hydrogens is 406 g/mol. The molecule has 28 heavy (non-hydrogen) atoms. The van der Waals surface area contributed by atoms with Gasteiger partial charge in [-0.1, -0.05) is 0 Å². The lowest BCUT2D eigenvalue weighted by molar-refractivity contribution is -0.185. The van der Waals surface area contributed by atoms with Crippen molar-refractivity contribution in [3.8, 4) is 0 Å². The van der Waals surface area contributed by atoms with Crippen molar-refractivity contribution in [3.05, 3.63) is 10.6 Å². The van der Waals surface area contributed by atoms with Gasteiger partial charge in [0.05, 0.1) is 23.8 Å². The van der Waals surface area contributed by atoms with Crippen LogP contribution in [0.4, 0.5) is 26.3 Å². The predicted molar refractivity (Wildman–Crippen MR) is 95.3 cm³/mol. The van der Waals surface area contributed by atoms with E-state index in [1.54, 1.807) is 0 Å². The summed E-state index contributed by atoms with van der Waals surface area (Å²) in [5, 5.41) is 12.9. The molecule has 2 heterocycles. The van der Waals surface area contributed by atoms with Crippen molar-refractivity contribution < 1.29 is 31.4 Å². The number of nitrogens with zero attached hydrogens (tertiary/aromatic N) is 1. The molecule has 162 valence electrons. The third-order valence-electron chi connectivity index (χ3n) is 6.16. The molecule has 3 nitrogen and oxygen atoms in total. The fraction of sp³-hybridized carbons (Fsp3) is 0.889. The van der Waals surface area contributed by atoms with Crippen LogP contribution in [0.2, 0.25) is 0 Å². The Morgan fingerprint density at radius 2 is 1.43 bits per heavy atom. The normalized spacial score (nSPS) is 31.3. The molecule has 0 aromatic heterocycles. The summed E-state index contributed by atoms with van der Waals surface area (Å²) in [6.07, 6.45) is -6.92. The number of hydrogen-bond donors (Lipinski definition) is 2. The van der Waals surface area contributed by atoms with E-state index in [2.05, 4.69) is 5.32 Å². The first kappa shape index (κ1) is 22.1. The lowest BCUT2D eigenvalue weighted by Crippen LogP contribution is -2.42. The van der Waals surface area contributed by atoms with Gasteiger partial charge in [-0.3, -0.25) is 4.90 Å². The van der Waals surface area contributed by atoms with Crippen LogP contribution in [0.5, 0.6) is 0 Å². The molecule has 1 aliphatic carbocycles. The van der Waals surface area contributed by atoms with Crippen LogP contribution in [0.15, 0.2) is 10.6 Å². The number of likely N-dealkylation sites (tertiary alicyclic amines) is 1. The van der Waals surface area contributed by atoms with Gasteiger partial charge in [-0.2, -0.15) is 26.3 Å². The van der Waals surface area contributed by atoms with E-state index in [1.807, 2.05) is 4.90 Å². The SMILES string of the molecule is OCC1=C(CN2CCC(C(F)(F)F)CC2)NC([C@H]2CC[C@H](C(F)(F)F)CC2)S1. The smallest absolute Gasteiger partial charge is 0.391 e. The second-order valence-electron chi connectivity index (χ2n) is 7.99. The molecule has 1 saturated heterocycles. The number of alkyl halides is 6. The zero-order chi connectivity index (χ0) is 20.5. The lowest BCUT2D eigenvalue weighted by Gasteiger charge is -2.34. The number of piperidine rings is 1. The summed E-state index contributed by atoms with van der Waals surface area (Å²) < 4.78 is 76.9. The highest BCUT2D eigenvalue weighted by Crippen LogP contribution is 2.45. The first-order chi connectivity index (χ1) is 13.1. The monoisotopic (exact) mass is 432 g/mol. The number of aliphatic hydroxyl groups is 1. The molecule has 1 saturated carbocycles. The van der Waals surface area contributed by atoms with Gasteiger partial charge >= 0.3 is 12.4 Å². The van der Waals surface area contributed by atoms with E-state index in [-0.39, 0.29) is 43.6 Å². The van der Waals surface area contributed by atoms with E-state index in [0.29, 0.717) is 32.5 Å². The summed E-state index contributed by atoms with van der Waals surface area (Å²) in [4.78, 5) is 2.70. The van der Waals surface area contributed by atoms with Crippen LogP contribution in [0.3, 0.4) is 0 Å². The average Bonchev–Trinajstić information content (AvgIpc) is 3.03. The Morgan fingerprint density at radius 1 is 0.893 bits per heavy atom. The Morgan fingerprint density at radius 3 is 1.93 bits per heavy atom. The molecule has 0 amide bonds. The van der Waals surface area contributed by atoms with Crippen LogP contribution < -0.4 is 5.32 Å². The maximum absolute atomic E-state index is 12.8. The first-order valence-electron chi connectivity index (χ1n) is 9.69. The molecule has 0 spiro atoms. The van der Waals surface area contributed by atoms with E-state index in [9.17, 15) is 31.4 Å². The Balaban J connectivity index is 1.50. The van der Waals surface area contributed by atoms with E-state index in [0.717, 1.165) is 10.6 Å². The summed E-state index contributed by atoms with van der Waals surface area (Å²) in [5.41, 5.74) is 0.806. The van der Waals surface area contributed by atoms with Crippen molar-refractivity contribution in [2.45, 2.75) is 56.3 Å². The highest BCUT2D eigenvalue weighted by atomic mass is 32.2. The van der Waals surface area contributed by atoms with Crippen LogP contribution in [0.25, 0.3) is 0 Å². The van der Waals surface area contributed by atoms with Crippen molar-refractivity contribution in [2.75, 3.05) is 26.2 Å². The fourth-order valence-corrected chi connectivity index (χ4v) is 5.69. The standard InChI is InChI=1S/C18H26F6N2OS/c19-17(20,21)12-3-1-11(2-4-12)16-25-14(15(10-27)28-16)9-26-7-5-13(6-8-26)18(22,23)24/h11-13,16,25,27H,1-10H2/t11-,12-,16?. The molecule has 0 radical (unpaired) electrons. The molecule has 0 aromatic rings. The minimum atomic E-state index is -4.15. The van der Waals surface area contributed by atoms with Gasteiger partial charge in [0.1, 0.15) is 0 Å². The molecule has 2 fully saturated rings. The number of thioether (sulfide) groups is 1. The summed E-state index contributed by atoms with van der Waals surface area (Å²) in [7, 11) is 0. The molecule has 3 aliphatic rings. The van der Waals surface area contributed by atoms with Crippen molar-refractivity contribution in [1.82, 2.24) is 10.2 Å². The van der Waals surface area contributed by atoms with Gasteiger partial charge in [0.25, 0.3) is 0 Å². The zero-order valence-corrected chi connectivity index (χ0v) is 16.3. The van der Waals surface area contributed by atoms with Crippen LogP contribution in [-0.2, 0) is 0 Å². The summed E-state index contributed by atoms with van der Waals surface area (Å²) in [6, 6.07) is 0. The first-order valence-corrected chi connectivity index (χ1v) is 10.6. The highest BCUT2D eigenvalue weighted by Gasteiger charge is 2.44. The van der Waals surface area contributed by atoms with Gasteiger partial charge in [0, 0.05) is 17.1 Å². The lowest BCUT2D eigenvalue weighted by atomic mass is 9.81. The predicted octanol–water partition coefficient (Wildman–Crippen LogP) is 4.50. The second-order valence-corrected chi connectivity index (χ2v) is 9.22. The average molecular weight is 432 g/mol. The molecule has 2 N–H and O–H groups in total. The Bertz CT molecular complexity index is 563. The summed E-state index contributed by atoms with van der Waals surface area (Å²) in [5.74, 6) is -2.38. The molecular formula is C18H26F6N2OS. The van der Waals surface area contributed by atoms with E-state index in [1.165, 1.54) is 11.8 Å². The molecule has 1 atom stereocenters. The molecule has 0 aromatic carbocycles. The van der Waals surface area contributed by atoms with E-state index >= 15 is 0 Å². The number of halogens is 6. The van der Waals surface area contributed by atoms with Gasteiger partial charge in [0.2, 0.25) is 0 Å². The van der Waals surface area contributed by atoms with Crippen LogP contribution in [0.1, 0.15) is 38.5 Å². The molecule has 2 aliphatic heterocycles. The van der Waals surface area contributed by atoms with Crippen LogP contribution >= 0.6 is 11.8 Å². The summed E-state index contributed by atoms with van der Waals surface area (Å²) in [6.45, 7) is 0.975. The Labute approximate surface area is 164 Å². The Kier molecular flexibility index (Phi) is 6.81. The van der Waals surface area contributed by atoms with Gasteiger partial charge in [-0.15, -0.1) is 11.8 Å². The van der Waals surface area contributed by atoms with Crippen molar-refractivity contribution in [2.24, 2.45) is 17.8 Å². The minimum absolute atomic E-state index is 0.0703. The second kappa shape index (κ2) is 8.63. The molecule has 1 unspecified atom stereocenters. The number of rotatable bonds is 4. The van der Waals surface area contributed by atoms with Crippen LogP contribution in [0, 0.1) is 17.8 Å². The largest absolute Gasteiger partial charge is 0.391 e. The third kappa shape index (κ3) is 5.30. The van der Waals surface area contributed by atoms with Crippen LogP contribution in [-0.4, -0.2) is 54.0 Å².